The van der Waals surface area contributed by atoms with Gasteiger partial charge in [0.05, 0.1) is 5.69 Å². The predicted octanol–water partition coefficient (Wildman–Crippen LogP) is 1.70. The number of aryl methyl sites for hydroxylation is 1. The molecule has 3 aromatic rings. The summed E-state index contributed by atoms with van der Waals surface area (Å²) in [5.74, 6) is -0.145. The Hall–Kier alpha value is -2.56. The second-order valence-corrected chi connectivity index (χ2v) is 4.10. The normalized spacial score (nSPS) is 10.9. The topological polar surface area (TPSA) is 70.4 Å². The average molecular weight is 241 g/mol. The summed E-state index contributed by atoms with van der Waals surface area (Å²) in [7, 11) is 0. The van der Waals surface area contributed by atoms with Crippen LogP contribution in [0.25, 0.3) is 16.8 Å². The van der Waals surface area contributed by atoms with Crippen LogP contribution in [0.2, 0.25) is 0 Å². The molecule has 90 valence electrons. The summed E-state index contributed by atoms with van der Waals surface area (Å²) in [5.41, 5.74) is 1.77. The molecule has 0 amide bonds. The van der Waals surface area contributed by atoms with Gasteiger partial charge in [0.1, 0.15) is 11.2 Å². The van der Waals surface area contributed by atoms with E-state index in [9.17, 15) is 9.90 Å². The maximum absolute atomic E-state index is 12.0. The first-order chi connectivity index (χ1) is 8.66. The van der Waals surface area contributed by atoms with E-state index in [-0.39, 0.29) is 17.0 Å². The van der Waals surface area contributed by atoms with Crippen molar-refractivity contribution in [2.75, 3.05) is 0 Å². The van der Waals surface area contributed by atoms with E-state index >= 15 is 0 Å². The molecule has 0 saturated heterocycles. The zero-order valence-electron chi connectivity index (χ0n) is 9.71. The van der Waals surface area contributed by atoms with E-state index in [0.29, 0.717) is 11.2 Å². The summed E-state index contributed by atoms with van der Waals surface area (Å²) in [5, 5.41) is 14.3. The lowest BCUT2D eigenvalue weighted by Crippen LogP contribution is -2.12. The predicted molar refractivity (Wildman–Crippen MR) is 67.7 cm³/mol. The first-order valence-electron chi connectivity index (χ1n) is 5.54. The van der Waals surface area contributed by atoms with Crippen molar-refractivity contribution in [3.63, 3.8) is 0 Å². The van der Waals surface area contributed by atoms with Gasteiger partial charge in [-0.1, -0.05) is 30.3 Å². The fourth-order valence-corrected chi connectivity index (χ4v) is 2.00. The summed E-state index contributed by atoms with van der Waals surface area (Å²) in [4.78, 5) is 14.7. The number of nitrogens with one attached hydrogen (secondary N) is 1. The second-order valence-electron chi connectivity index (χ2n) is 4.10. The van der Waals surface area contributed by atoms with Crippen molar-refractivity contribution in [2.45, 2.75) is 6.92 Å². The standard InChI is InChI=1S/C13H11N3O2/c1-8-7-10-14-12(17)11(13(18)16(10)15-8)9-5-3-2-4-6-9/h2-7,18H,1H3,(H,14,17). The molecule has 5 nitrogen and oxygen atoms in total. The van der Waals surface area contributed by atoms with Gasteiger partial charge in [-0.05, 0) is 12.5 Å². The van der Waals surface area contributed by atoms with Gasteiger partial charge in [0.2, 0.25) is 5.88 Å². The molecule has 0 fully saturated rings. The molecule has 2 aromatic heterocycles. The Bertz CT molecular complexity index is 772. The first-order valence-corrected chi connectivity index (χ1v) is 5.54. The van der Waals surface area contributed by atoms with Crippen molar-refractivity contribution in [1.29, 1.82) is 0 Å². The van der Waals surface area contributed by atoms with E-state index in [1.54, 1.807) is 25.1 Å². The number of benzene rings is 1. The van der Waals surface area contributed by atoms with Gasteiger partial charge in [0, 0.05) is 6.07 Å². The van der Waals surface area contributed by atoms with Crippen LogP contribution in [0.3, 0.4) is 0 Å². The molecule has 0 aliphatic heterocycles. The van der Waals surface area contributed by atoms with Crippen LogP contribution in [0.15, 0.2) is 41.2 Å². The lowest BCUT2D eigenvalue weighted by Gasteiger charge is -2.05. The van der Waals surface area contributed by atoms with Crippen LogP contribution in [-0.4, -0.2) is 19.7 Å². The van der Waals surface area contributed by atoms with E-state index < -0.39 is 0 Å². The summed E-state index contributed by atoms with van der Waals surface area (Å²) < 4.78 is 1.33. The highest BCUT2D eigenvalue weighted by Crippen LogP contribution is 2.25. The minimum Gasteiger partial charge on any atom is -0.493 e. The number of H-pyrrole nitrogens is 1. The van der Waals surface area contributed by atoms with Crippen LogP contribution in [0, 0.1) is 6.92 Å². The first kappa shape index (κ1) is 10.6. The fourth-order valence-electron chi connectivity index (χ4n) is 2.00. The van der Waals surface area contributed by atoms with Crippen molar-refractivity contribution >= 4 is 5.65 Å². The molecule has 18 heavy (non-hydrogen) atoms. The van der Waals surface area contributed by atoms with Crippen LogP contribution in [0.5, 0.6) is 5.88 Å². The Morgan fingerprint density at radius 1 is 1.28 bits per heavy atom. The number of aromatic hydroxyl groups is 1. The number of rotatable bonds is 1. The molecule has 0 spiro atoms. The summed E-state index contributed by atoms with van der Waals surface area (Å²) in [6.07, 6.45) is 0. The molecule has 0 aliphatic rings. The summed E-state index contributed by atoms with van der Waals surface area (Å²) in [6.45, 7) is 1.80. The smallest absolute Gasteiger partial charge is 0.262 e. The van der Waals surface area contributed by atoms with Crippen LogP contribution in [0.4, 0.5) is 0 Å². The molecule has 2 heterocycles. The largest absolute Gasteiger partial charge is 0.493 e. The Labute approximate surface area is 102 Å². The lowest BCUT2D eigenvalue weighted by atomic mass is 10.1. The van der Waals surface area contributed by atoms with E-state index in [2.05, 4.69) is 10.1 Å². The van der Waals surface area contributed by atoms with Crippen LogP contribution >= 0.6 is 0 Å². The molecule has 3 rings (SSSR count). The number of hydrogen-bond donors (Lipinski definition) is 2. The third-order valence-corrected chi connectivity index (χ3v) is 2.79. The number of fused-ring (bicyclic) bond motifs is 1. The fraction of sp³-hybridized carbons (Fsp3) is 0.0769. The summed E-state index contributed by atoms with van der Waals surface area (Å²) >= 11 is 0. The minimum absolute atomic E-state index is 0.145. The van der Waals surface area contributed by atoms with E-state index in [0.717, 1.165) is 5.69 Å². The van der Waals surface area contributed by atoms with E-state index in [1.807, 2.05) is 18.2 Å². The van der Waals surface area contributed by atoms with E-state index in [1.165, 1.54) is 4.52 Å². The van der Waals surface area contributed by atoms with Crippen LogP contribution in [0.1, 0.15) is 5.69 Å². The number of aromatic nitrogens is 3. The minimum atomic E-state index is -0.328. The van der Waals surface area contributed by atoms with Gasteiger partial charge in [0.15, 0.2) is 0 Å². The molecule has 5 heteroatoms. The molecule has 0 aliphatic carbocycles. The van der Waals surface area contributed by atoms with Gasteiger partial charge >= 0.3 is 0 Å². The number of aromatic amines is 1. The third-order valence-electron chi connectivity index (χ3n) is 2.79. The second kappa shape index (κ2) is 3.73. The van der Waals surface area contributed by atoms with Gasteiger partial charge in [0.25, 0.3) is 5.56 Å². The van der Waals surface area contributed by atoms with Crippen molar-refractivity contribution in [1.82, 2.24) is 14.6 Å². The van der Waals surface area contributed by atoms with Gasteiger partial charge in [-0.2, -0.15) is 9.61 Å². The van der Waals surface area contributed by atoms with Gasteiger partial charge in [-0.15, -0.1) is 0 Å². The molecular weight excluding hydrogens is 230 g/mol. The average Bonchev–Trinajstić information content (AvgIpc) is 2.71. The molecule has 0 atom stereocenters. The van der Waals surface area contributed by atoms with Crippen molar-refractivity contribution in [2.24, 2.45) is 0 Å². The lowest BCUT2D eigenvalue weighted by molar-refractivity contribution is 0.436. The maximum Gasteiger partial charge on any atom is 0.262 e. The van der Waals surface area contributed by atoms with Crippen molar-refractivity contribution < 1.29 is 5.11 Å². The van der Waals surface area contributed by atoms with Crippen molar-refractivity contribution in [3.8, 4) is 17.0 Å². The molecule has 0 radical (unpaired) electrons. The number of hydrogen-bond acceptors (Lipinski definition) is 3. The van der Waals surface area contributed by atoms with Crippen LogP contribution < -0.4 is 5.56 Å². The Morgan fingerprint density at radius 3 is 2.72 bits per heavy atom. The SMILES string of the molecule is Cc1cc2[nH]c(=O)c(-c3ccccc3)c(O)n2n1. The quantitative estimate of drug-likeness (QED) is 0.681. The highest BCUT2D eigenvalue weighted by molar-refractivity contribution is 5.68. The van der Waals surface area contributed by atoms with Crippen molar-refractivity contribution in [3.05, 3.63) is 52.4 Å². The number of nitrogens with zero attached hydrogens (tertiary/aromatic N) is 2. The van der Waals surface area contributed by atoms with Gasteiger partial charge < -0.3 is 10.1 Å². The van der Waals surface area contributed by atoms with Gasteiger partial charge in [-0.3, -0.25) is 4.79 Å². The highest BCUT2D eigenvalue weighted by Gasteiger charge is 2.14. The maximum atomic E-state index is 12.0. The van der Waals surface area contributed by atoms with Gasteiger partial charge in [-0.25, -0.2) is 0 Å². The molecule has 0 bridgehead atoms. The molecular formula is C13H11N3O2. The molecule has 0 unspecified atom stereocenters. The van der Waals surface area contributed by atoms with Crippen LogP contribution in [-0.2, 0) is 0 Å². The Balaban J connectivity index is 2.40. The highest BCUT2D eigenvalue weighted by atomic mass is 16.3. The monoisotopic (exact) mass is 241 g/mol. The molecule has 2 N–H and O–H groups in total. The zero-order chi connectivity index (χ0) is 12.7. The molecule has 0 saturated carbocycles. The third kappa shape index (κ3) is 1.48. The summed E-state index contributed by atoms with van der Waals surface area (Å²) in [6, 6.07) is 10.7. The Morgan fingerprint density at radius 2 is 2.00 bits per heavy atom. The Kier molecular flexibility index (Phi) is 2.19. The van der Waals surface area contributed by atoms with E-state index in [4.69, 9.17) is 0 Å². The zero-order valence-corrected chi connectivity index (χ0v) is 9.71. The molecule has 1 aromatic carbocycles.